The lowest BCUT2D eigenvalue weighted by molar-refractivity contribution is -0.156. The van der Waals surface area contributed by atoms with E-state index in [9.17, 15) is 9.59 Å². The Kier molecular flexibility index (Phi) is 4.49. The summed E-state index contributed by atoms with van der Waals surface area (Å²) >= 11 is 3.30. The van der Waals surface area contributed by atoms with Crippen LogP contribution in [0.5, 0.6) is 0 Å². The number of carbonyl (C=O) groups excluding carboxylic acids is 1. The molecule has 0 spiro atoms. The molecule has 1 N–H and O–H groups in total. The first-order chi connectivity index (χ1) is 7.56. The highest BCUT2D eigenvalue weighted by Crippen LogP contribution is 2.20. The molecule has 1 unspecified atom stereocenters. The average Bonchev–Trinajstić information content (AvgIpc) is 2.26. The molecule has 0 amide bonds. The molecule has 1 rings (SSSR count). The zero-order valence-electron chi connectivity index (χ0n) is 8.64. The van der Waals surface area contributed by atoms with Crippen molar-refractivity contribution in [2.75, 3.05) is 7.11 Å². The number of methoxy groups -OCH3 is 1. The van der Waals surface area contributed by atoms with Crippen LogP contribution >= 0.6 is 15.9 Å². The molecule has 0 aliphatic heterocycles. The van der Waals surface area contributed by atoms with Crippen LogP contribution in [0.2, 0.25) is 0 Å². The molecule has 0 radical (unpaired) electrons. The zero-order chi connectivity index (χ0) is 12.1. The van der Waals surface area contributed by atoms with Crippen molar-refractivity contribution in [1.29, 1.82) is 0 Å². The van der Waals surface area contributed by atoms with Crippen LogP contribution in [-0.4, -0.2) is 24.2 Å². The van der Waals surface area contributed by atoms with E-state index in [-0.39, 0.29) is 6.42 Å². The first kappa shape index (κ1) is 12.7. The first-order valence-electron chi connectivity index (χ1n) is 4.60. The second-order valence-electron chi connectivity index (χ2n) is 3.21. The topological polar surface area (TPSA) is 63.6 Å². The van der Waals surface area contributed by atoms with Gasteiger partial charge in [-0.15, -0.1) is 0 Å². The summed E-state index contributed by atoms with van der Waals surface area (Å²) in [6.45, 7) is 0. The van der Waals surface area contributed by atoms with E-state index in [4.69, 9.17) is 5.11 Å². The molecule has 0 bridgehead atoms. The standard InChI is InChI=1S/C11H11BrO4/c1-16-11(15)8(10(13)14)6-7-4-2-3-5-9(7)12/h2-5,8H,6H2,1H3,(H,13,14). The van der Waals surface area contributed by atoms with Crippen LogP contribution in [0.1, 0.15) is 5.56 Å². The van der Waals surface area contributed by atoms with Gasteiger partial charge in [0.25, 0.3) is 0 Å². The van der Waals surface area contributed by atoms with Gasteiger partial charge in [-0.1, -0.05) is 34.1 Å². The van der Waals surface area contributed by atoms with E-state index >= 15 is 0 Å². The van der Waals surface area contributed by atoms with Crippen molar-refractivity contribution in [3.63, 3.8) is 0 Å². The summed E-state index contributed by atoms with van der Waals surface area (Å²) in [5.41, 5.74) is 0.764. The van der Waals surface area contributed by atoms with Crippen molar-refractivity contribution < 1.29 is 19.4 Å². The lowest BCUT2D eigenvalue weighted by atomic mass is 10.00. The molecule has 1 aromatic carbocycles. The van der Waals surface area contributed by atoms with Crippen molar-refractivity contribution in [2.24, 2.45) is 5.92 Å². The van der Waals surface area contributed by atoms with Gasteiger partial charge in [0.15, 0.2) is 5.92 Å². The average molecular weight is 287 g/mol. The number of aliphatic carboxylic acids is 1. The lowest BCUT2D eigenvalue weighted by Crippen LogP contribution is -2.27. The Morgan fingerprint density at radius 3 is 2.56 bits per heavy atom. The van der Waals surface area contributed by atoms with E-state index in [1.54, 1.807) is 18.2 Å². The molecule has 0 heterocycles. The van der Waals surface area contributed by atoms with Gasteiger partial charge in [-0.3, -0.25) is 9.59 Å². The Labute approximate surface area is 101 Å². The smallest absolute Gasteiger partial charge is 0.320 e. The van der Waals surface area contributed by atoms with Crippen molar-refractivity contribution in [1.82, 2.24) is 0 Å². The molecule has 1 aromatic rings. The van der Waals surface area contributed by atoms with Gasteiger partial charge in [0.1, 0.15) is 0 Å². The number of hydrogen-bond acceptors (Lipinski definition) is 3. The van der Waals surface area contributed by atoms with Crippen LogP contribution in [0, 0.1) is 5.92 Å². The second-order valence-corrected chi connectivity index (χ2v) is 4.06. The summed E-state index contributed by atoms with van der Waals surface area (Å²) in [5, 5.41) is 8.91. The number of ether oxygens (including phenoxy) is 1. The maximum atomic E-state index is 11.3. The summed E-state index contributed by atoms with van der Waals surface area (Å²) in [4.78, 5) is 22.2. The number of esters is 1. The van der Waals surface area contributed by atoms with E-state index in [2.05, 4.69) is 20.7 Å². The largest absolute Gasteiger partial charge is 0.481 e. The third-order valence-corrected chi connectivity index (χ3v) is 2.94. The molecule has 5 heteroatoms. The second kappa shape index (κ2) is 5.65. The number of benzene rings is 1. The quantitative estimate of drug-likeness (QED) is 0.678. The molecule has 0 fully saturated rings. The molecule has 0 aliphatic rings. The molecule has 16 heavy (non-hydrogen) atoms. The molecule has 0 saturated heterocycles. The maximum Gasteiger partial charge on any atom is 0.320 e. The zero-order valence-corrected chi connectivity index (χ0v) is 10.2. The van der Waals surface area contributed by atoms with E-state index in [1.165, 1.54) is 7.11 Å². The van der Waals surface area contributed by atoms with Crippen LogP contribution in [0.4, 0.5) is 0 Å². The Morgan fingerprint density at radius 2 is 2.06 bits per heavy atom. The fraction of sp³-hybridized carbons (Fsp3) is 0.273. The van der Waals surface area contributed by atoms with Crippen molar-refractivity contribution in [3.8, 4) is 0 Å². The Hall–Kier alpha value is -1.36. The number of carboxylic acids is 1. The predicted octanol–water partition coefficient (Wildman–Crippen LogP) is 1.87. The van der Waals surface area contributed by atoms with Crippen LogP contribution in [-0.2, 0) is 20.7 Å². The maximum absolute atomic E-state index is 11.3. The normalized spacial score (nSPS) is 11.9. The highest BCUT2D eigenvalue weighted by molar-refractivity contribution is 9.10. The molecule has 4 nitrogen and oxygen atoms in total. The molecule has 86 valence electrons. The van der Waals surface area contributed by atoms with Gasteiger partial charge in [-0.2, -0.15) is 0 Å². The van der Waals surface area contributed by atoms with Gasteiger partial charge >= 0.3 is 11.9 Å². The minimum absolute atomic E-state index is 0.115. The SMILES string of the molecule is COC(=O)C(Cc1ccccc1Br)C(=O)O. The fourth-order valence-corrected chi connectivity index (χ4v) is 1.74. The molecule has 1 atom stereocenters. The third kappa shape index (κ3) is 3.06. The summed E-state index contributed by atoms with van der Waals surface area (Å²) in [6.07, 6.45) is 0.115. The summed E-state index contributed by atoms with van der Waals surface area (Å²) < 4.78 is 5.23. The lowest BCUT2D eigenvalue weighted by Gasteiger charge is -2.10. The van der Waals surface area contributed by atoms with Crippen LogP contribution in [0.15, 0.2) is 28.7 Å². The van der Waals surface area contributed by atoms with Gasteiger partial charge in [0.2, 0.25) is 0 Å². The fourth-order valence-electron chi connectivity index (χ4n) is 1.30. The van der Waals surface area contributed by atoms with Gasteiger partial charge in [0, 0.05) is 4.47 Å². The third-order valence-electron chi connectivity index (χ3n) is 2.17. The van der Waals surface area contributed by atoms with Gasteiger partial charge in [-0.05, 0) is 18.1 Å². The van der Waals surface area contributed by atoms with Crippen molar-refractivity contribution in [2.45, 2.75) is 6.42 Å². The number of carbonyl (C=O) groups is 2. The Morgan fingerprint density at radius 1 is 1.44 bits per heavy atom. The highest BCUT2D eigenvalue weighted by atomic mass is 79.9. The van der Waals surface area contributed by atoms with Crippen LogP contribution < -0.4 is 0 Å². The van der Waals surface area contributed by atoms with Gasteiger partial charge < -0.3 is 9.84 Å². The predicted molar refractivity (Wildman–Crippen MR) is 61.0 cm³/mol. The monoisotopic (exact) mass is 286 g/mol. The summed E-state index contributed by atoms with van der Waals surface area (Å²) in [5.74, 6) is -3.07. The van der Waals surface area contributed by atoms with Gasteiger partial charge in [0.05, 0.1) is 7.11 Å². The Balaban J connectivity index is 2.88. The van der Waals surface area contributed by atoms with E-state index in [0.717, 1.165) is 10.0 Å². The van der Waals surface area contributed by atoms with Crippen LogP contribution in [0.25, 0.3) is 0 Å². The van der Waals surface area contributed by atoms with E-state index in [0.29, 0.717) is 0 Å². The number of hydrogen-bond donors (Lipinski definition) is 1. The number of carboxylic acid groups (broad SMARTS) is 1. The van der Waals surface area contributed by atoms with Gasteiger partial charge in [-0.25, -0.2) is 0 Å². The first-order valence-corrected chi connectivity index (χ1v) is 5.39. The van der Waals surface area contributed by atoms with Crippen molar-refractivity contribution >= 4 is 27.9 Å². The highest BCUT2D eigenvalue weighted by Gasteiger charge is 2.27. The molecule has 0 saturated carbocycles. The minimum atomic E-state index is -1.18. The number of halogens is 1. The minimum Gasteiger partial charge on any atom is -0.481 e. The molecule has 0 aromatic heterocycles. The summed E-state index contributed by atoms with van der Waals surface area (Å²) in [7, 11) is 1.18. The molecule has 0 aliphatic carbocycles. The van der Waals surface area contributed by atoms with Crippen molar-refractivity contribution in [3.05, 3.63) is 34.3 Å². The van der Waals surface area contributed by atoms with E-state index in [1.807, 2.05) is 6.07 Å². The molecular weight excluding hydrogens is 276 g/mol. The summed E-state index contributed by atoms with van der Waals surface area (Å²) in [6, 6.07) is 7.17. The van der Waals surface area contributed by atoms with E-state index < -0.39 is 17.9 Å². The van der Waals surface area contributed by atoms with Crippen LogP contribution in [0.3, 0.4) is 0 Å². The molecular formula is C11H11BrO4. The Bertz CT molecular complexity index is 403. The number of rotatable bonds is 4.